The van der Waals surface area contributed by atoms with E-state index < -0.39 is 5.97 Å². The molecule has 76 valence electrons. The first-order valence-electron chi connectivity index (χ1n) is 4.22. The molecule has 0 bridgehead atoms. The van der Waals surface area contributed by atoms with Gasteiger partial charge in [0.05, 0.1) is 0 Å². The largest absolute Gasteiger partial charge is 0.477 e. The lowest BCUT2D eigenvalue weighted by molar-refractivity contribution is 0.0690. The summed E-state index contributed by atoms with van der Waals surface area (Å²) in [5.41, 5.74) is -0.156. The van der Waals surface area contributed by atoms with Crippen molar-refractivity contribution >= 4 is 11.8 Å². The minimum Gasteiger partial charge on any atom is -0.477 e. The molecular formula is C9H13N3O2. The van der Waals surface area contributed by atoms with Gasteiger partial charge in [0.2, 0.25) is 0 Å². The molecule has 0 saturated heterocycles. The summed E-state index contributed by atoms with van der Waals surface area (Å²) < 4.78 is 0. The van der Waals surface area contributed by atoms with E-state index in [-0.39, 0.29) is 11.2 Å². The smallest absolute Gasteiger partial charge is 0.354 e. The van der Waals surface area contributed by atoms with Crippen molar-refractivity contribution in [2.75, 3.05) is 5.32 Å². The molecule has 0 amide bonds. The molecule has 0 aromatic carbocycles. The second-order valence-electron chi connectivity index (χ2n) is 3.97. The van der Waals surface area contributed by atoms with Gasteiger partial charge in [-0.1, -0.05) is 0 Å². The number of hydrogen-bond acceptors (Lipinski definition) is 4. The number of aromatic carboxylic acids is 1. The zero-order valence-corrected chi connectivity index (χ0v) is 8.40. The first-order chi connectivity index (χ1) is 6.38. The molecule has 1 rings (SSSR count). The summed E-state index contributed by atoms with van der Waals surface area (Å²) in [5, 5.41) is 11.8. The Bertz CT molecular complexity index is 344. The van der Waals surface area contributed by atoms with Gasteiger partial charge in [0, 0.05) is 11.6 Å². The molecule has 0 saturated carbocycles. The van der Waals surface area contributed by atoms with Gasteiger partial charge in [0.1, 0.15) is 12.1 Å². The summed E-state index contributed by atoms with van der Waals surface area (Å²) in [7, 11) is 0. The Hall–Kier alpha value is -1.65. The van der Waals surface area contributed by atoms with Crippen molar-refractivity contribution in [3.8, 4) is 0 Å². The van der Waals surface area contributed by atoms with Crippen molar-refractivity contribution < 1.29 is 9.90 Å². The zero-order valence-electron chi connectivity index (χ0n) is 8.40. The Morgan fingerprint density at radius 1 is 1.43 bits per heavy atom. The van der Waals surface area contributed by atoms with E-state index in [0.717, 1.165) is 0 Å². The second-order valence-corrected chi connectivity index (χ2v) is 3.97. The fraction of sp³-hybridized carbons (Fsp3) is 0.444. The molecule has 0 unspecified atom stereocenters. The van der Waals surface area contributed by atoms with E-state index in [0.29, 0.717) is 5.82 Å². The van der Waals surface area contributed by atoms with Crippen LogP contribution in [0.15, 0.2) is 12.4 Å². The first kappa shape index (κ1) is 10.4. The lowest BCUT2D eigenvalue weighted by Crippen LogP contribution is -2.26. The topological polar surface area (TPSA) is 75.1 Å². The van der Waals surface area contributed by atoms with E-state index in [9.17, 15) is 4.79 Å². The predicted octanol–water partition coefficient (Wildman–Crippen LogP) is 1.39. The highest BCUT2D eigenvalue weighted by molar-refractivity contribution is 5.86. The van der Waals surface area contributed by atoms with Crippen LogP contribution in [0.3, 0.4) is 0 Å². The van der Waals surface area contributed by atoms with Crippen LogP contribution in [0.2, 0.25) is 0 Å². The minimum absolute atomic E-state index is 0.00764. The van der Waals surface area contributed by atoms with Crippen LogP contribution in [-0.4, -0.2) is 26.6 Å². The molecule has 0 aliphatic rings. The monoisotopic (exact) mass is 195 g/mol. The van der Waals surface area contributed by atoms with Crippen LogP contribution in [0.25, 0.3) is 0 Å². The fourth-order valence-electron chi connectivity index (χ4n) is 0.927. The van der Waals surface area contributed by atoms with Crippen molar-refractivity contribution in [2.45, 2.75) is 26.3 Å². The van der Waals surface area contributed by atoms with E-state index in [1.54, 1.807) is 0 Å². The molecule has 5 heteroatoms. The maximum atomic E-state index is 10.6. The fourth-order valence-corrected chi connectivity index (χ4v) is 0.927. The number of rotatable bonds is 2. The van der Waals surface area contributed by atoms with Crippen molar-refractivity contribution in [3.63, 3.8) is 0 Å². The highest BCUT2D eigenvalue weighted by Crippen LogP contribution is 2.11. The van der Waals surface area contributed by atoms with E-state index in [1.165, 1.54) is 12.4 Å². The van der Waals surface area contributed by atoms with Gasteiger partial charge in [-0.3, -0.25) is 0 Å². The summed E-state index contributed by atoms with van der Waals surface area (Å²) >= 11 is 0. The summed E-state index contributed by atoms with van der Waals surface area (Å²) in [6, 6.07) is 1.41. The third kappa shape index (κ3) is 3.01. The van der Waals surface area contributed by atoms with Crippen LogP contribution < -0.4 is 5.32 Å². The van der Waals surface area contributed by atoms with Gasteiger partial charge < -0.3 is 10.4 Å². The molecule has 0 aliphatic carbocycles. The SMILES string of the molecule is CC(C)(C)Nc1cc(C(=O)O)ncn1. The van der Waals surface area contributed by atoms with E-state index in [2.05, 4.69) is 15.3 Å². The van der Waals surface area contributed by atoms with Gasteiger partial charge in [-0.05, 0) is 20.8 Å². The molecule has 0 radical (unpaired) electrons. The zero-order chi connectivity index (χ0) is 10.8. The van der Waals surface area contributed by atoms with Crippen molar-refractivity contribution in [2.24, 2.45) is 0 Å². The van der Waals surface area contributed by atoms with E-state index in [4.69, 9.17) is 5.11 Å². The van der Waals surface area contributed by atoms with Crippen molar-refractivity contribution in [3.05, 3.63) is 18.1 Å². The summed E-state index contributed by atoms with van der Waals surface area (Å²) in [6.45, 7) is 5.90. The third-order valence-electron chi connectivity index (χ3n) is 1.39. The second kappa shape index (κ2) is 3.61. The molecule has 0 fully saturated rings. The Labute approximate surface area is 82.2 Å². The number of nitrogens with one attached hydrogen (secondary N) is 1. The lowest BCUT2D eigenvalue weighted by atomic mass is 10.1. The van der Waals surface area contributed by atoms with Crippen molar-refractivity contribution in [1.29, 1.82) is 0 Å². The molecular weight excluding hydrogens is 182 g/mol. The molecule has 0 atom stereocenters. The number of anilines is 1. The first-order valence-corrected chi connectivity index (χ1v) is 4.22. The summed E-state index contributed by atoms with van der Waals surface area (Å²) in [5.74, 6) is -0.533. The Kier molecular flexibility index (Phi) is 2.69. The van der Waals surface area contributed by atoms with Gasteiger partial charge in [0.15, 0.2) is 5.69 Å². The van der Waals surface area contributed by atoms with E-state index >= 15 is 0 Å². The standard InChI is InChI=1S/C9H13N3O2/c1-9(2,3)12-7-4-6(8(13)14)10-5-11-7/h4-5H,1-3H3,(H,13,14)(H,10,11,12). The molecule has 5 nitrogen and oxygen atoms in total. The van der Waals surface area contributed by atoms with Crippen LogP contribution in [0, 0.1) is 0 Å². The Morgan fingerprint density at radius 2 is 2.07 bits per heavy atom. The highest BCUT2D eigenvalue weighted by Gasteiger charge is 2.12. The number of carboxylic acids is 1. The summed E-state index contributed by atoms with van der Waals surface area (Å²) in [6.07, 6.45) is 1.23. The number of carbonyl (C=O) groups is 1. The molecule has 0 spiro atoms. The van der Waals surface area contributed by atoms with Gasteiger partial charge >= 0.3 is 5.97 Å². The quantitative estimate of drug-likeness (QED) is 0.745. The van der Waals surface area contributed by atoms with Crippen LogP contribution in [0.4, 0.5) is 5.82 Å². The van der Waals surface area contributed by atoms with Crippen LogP contribution in [-0.2, 0) is 0 Å². The van der Waals surface area contributed by atoms with E-state index in [1.807, 2.05) is 20.8 Å². The average molecular weight is 195 g/mol. The van der Waals surface area contributed by atoms with Crippen LogP contribution in [0.1, 0.15) is 31.3 Å². The Morgan fingerprint density at radius 3 is 2.57 bits per heavy atom. The van der Waals surface area contributed by atoms with Gasteiger partial charge in [-0.15, -0.1) is 0 Å². The predicted molar refractivity (Wildman–Crippen MR) is 52.4 cm³/mol. The maximum Gasteiger partial charge on any atom is 0.354 e. The summed E-state index contributed by atoms with van der Waals surface area (Å²) in [4.78, 5) is 18.1. The minimum atomic E-state index is -1.05. The number of nitrogens with zero attached hydrogens (tertiary/aromatic N) is 2. The lowest BCUT2D eigenvalue weighted by Gasteiger charge is -2.20. The third-order valence-corrected chi connectivity index (χ3v) is 1.39. The van der Waals surface area contributed by atoms with Gasteiger partial charge in [0.25, 0.3) is 0 Å². The van der Waals surface area contributed by atoms with Crippen molar-refractivity contribution in [1.82, 2.24) is 9.97 Å². The van der Waals surface area contributed by atoms with Crippen LogP contribution >= 0.6 is 0 Å². The molecule has 14 heavy (non-hydrogen) atoms. The van der Waals surface area contributed by atoms with Gasteiger partial charge in [-0.25, -0.2) is 14.8 Å². The molecule has 1 aromatic rings. The van der Waals surface area contributed by atoms with Crippen LogP contribution in [0.5, 0.6) is 0 Å². The molecule has 0 aliphatic heterocycles. The highest BCUT2D eigenvalue weighted by atomic mass is 16.4. The maximum absolute atomic E-state index is 10.6. The molecule has 1 aromatic heterocycles. The number of carboxylic acid groups (broad SMARTS) is 1. The molecule has 2 N–H and O–H groups in total. The Balaban J connectivity index is 2.89. The molecule has 1 heterocycles. The van der Waals surface area contributed by atoms with Gasteiger partial charge in [-0.2, -0.15) is 0 Å². The normalized spacial score (nSPS) is 11.1. The number of hydrogen-bond donors (Lipinski definition) is 2. The average Bonchev–Trinajstić information content (AvgIpc) is 2.01. The number of aromatic nitrogens is 2.